The number of rotatable bonds is 5. The van der Waals surface area contributed by atoms with Crippen molar-refractivity contribution in [1.29, 1.82) is 0 Å². The van der Waals surface area contributed by atoms with Gasteiger partial charge in [0, 0.05) is 24.5 Å². The number of fused-ring (bicyclic) bond motifs is 1. The minimum absolute atomic E-state index is 0.0425. The van der Waals surface area contributed by atoms with Gasteiger partial charge in [0.05, 0.1) is 0 Å². The first-order valence-electron chi connectivity index (χ1n) is 9.70. The standard InChI is InChI=1S/C20H26N6O/c1-3-13(2)16-20(27)25-17-18(21-12-22-19(17)24-16)23-14-6-8-15(9-7-14)26-10-4-5-11-26/h6-9,12-13,16H,3-5,10-11H2,1-2H3,(H,25,27)(H2,21,22,23,24). The van der Waals surface area contributed by atoms with Crippen LogP contribution in [0.15, 0.2) is 30.6 Å². The zero-order valence-corrected chi connectivity index (χ0v) is 15.8. The Hall–Kier alpha value is -2.83. The maximum Gasteiger partial charge on any atom is 0.247 e. The maximum atomic E-state index is 12.5. The van der Waals surface area contributed by atoms with E-state index in [1.165, 1.54) is 24.9 Å². The molecule has 2 aliphatic heterocycles. The van der Waals surface area contributed by atoms with Gasteiger partial charge in [0.25, 0.3) is 0 Å². The Morgan fingerprint density at radius 2 is 1.96 bits per heavy atom. The quantitative estimate of drug-likeness (QED) is 0.750. The molecule has 2 aliphatic rings. The summed E-state index contributed by atoms with van der Waals surface area (Å²) in [5, 5.41) is 9.54. The van der Waals surface area contributed by atoms with Crippen molar-refractivity contribution in [3.63, 3.8) is 0 Å². The van der Waals surface area contributed by atoms with Crippen LogP contribution < -0.4 is 20.9 Å². The second-order valence-corrected chi connectivity index (χ2v) is 7.31. The molecule has 1 aromatic carbocycles. The van der Waals surface area contributed by atoms with Crippen LogP contribution >= 0.6 is 0 Å². The van der Waals surface area contributed by atoms with Gasteiger partial charge in [-0.2, -0.15) is 0 Å². The van der Waals surface area contributed by atoms with Gasteiger partial charge in [-0.05, 0) is 43.0 Å². The first-order chi connectivity index (χ1) is 13.2. The van der Waals surface area contributed by atoms with Gasteiger partial charge in [-0.1, -0.05) is 20.3 Å². The topological polar surface area (TPSA) is 82.2 Å². The van der Waals surface area contributed by atoms with Crippen molar-refractivity contribution in [1.82, 2.24) is 9.97 Å². The number of amides is 1. The molecule has 2 atom stereocenters. The van der Waals surface area contributed by atoms with Crippen molar-refractivity contribution in [2.24, 2.45) is 5.92 Å². The third-order valence-electron chi connectivity index (χ3n) is 5.48. The lowest BCUT2D eigenvalue weighted by atomic mass is 9.97. The van der Waals surface area contributed by atoms with E-state index in [0.29, 0.717) is 17.3 Å². The summed E-state index contributed by atoms with van der Waals surface area (Å²) in [6.45, 7) is 6.39. The number of hydrogen-bond acceptors (Lipinski definition) is 6. The summed E-state index contributed by atoms with van der Waals surface area (Å²) in [4.78, 5) is 23.5. The number of carbonyl (C=O) groups excluding carboxylic acids is 1. The molecular formula is C20H26N6O. The van der Waals surface area contributed by atoms with Gasteiger partial charge in [-0.3, -0.25) is 4.79 Å². The van der Waals surface area contributed by atoms with Crippen molar-refractivity contribution >= 4 is 34.6 Å². The number of nitrogens with zero attached hydrogens (tertiary/aromatic N) is 3. The molecule has 1 saturated heterocycles. The van der Waals surface area contributed by atoms with E-state index < -0.39 is 0 Å². The van der Waals surface area contributed by atoms with E-state index in [1.54, 1.807) is 0 Å². The van der Waals surface area contributed by atoms with Gasteiger partial charge in [-0.25, -0.2) is 9.97 Å². The minimum Gasteiger partial charge on any atom is -0.372 e. The normalized spacial score (nSPS) is 19.9. The summed E-state index contributed by atoms with van der Waals surface area (Å²) >= 11 is 0. The molecule has 7 heteroatoms. The third-order valence-corrected chi connectivity index (χ3v) is 5.48. The molecule has 27 heavy (non-hydrogen) atoms. The first-order valence-corrected chi connectivity index (χ1v) is 9.70. The first kappa shape index (κ1) is 17.6. The van der Waals surface area contributed by atoms with E-state index in [4.69, 9.17) is 0 Å². The molecule has 2 unspecified atom stereocenters. The molecule has 3 heterocycles. The largest absolute Gasteiger partial charge is 0.372 e. The van der Waals surface area contributed by atoms with Gasteiger partial charge >= 0.3 is 0 Å². The number of aromatic nitrogens is 2. The van der Waals surface area contributed by atoms with E-state index in [1.807, 2.05) is 12.1 Å². The van der Waals surface area contributed by atoms with Gasteiger partial charge < -0.3 is 20.9 Å². The molecule has 0 bridgehead atoms. The van der Waals surface area contributed by atoms with Crippen LogP contribution in [0.2, 0.25) is 0 Å². The molecule has 2 aromatic rings. The average molecular weight is 366 g/mol. The Balaban J connectivity index is 1.53. The van der Waals surface area contributed by atoms with Crippen LogP contribution in [-0.2, 0) is 4.79 Å². The van der Waals surface area contributed by atoms with E-state index in [0.717, 1.165) is 25.2 Å². The van der Waals surface area contributed by atoms with Crippen molar-refractivity contribution < 1.29 is 4.79 Å². The summed E-state index contributed by atoms with van der Waals surface area (Å²) in [6, 6.07) is 8.06. The highest BCUT2D eigenvalue weighted by atomic mass is 16.2. The lowest BCUT2D eigenvalue weighted by molar-refractivity contribution is -0.118. The summed E-state index contributed by atoms with van der Waals surface area (Å²) in [6.07, 6.45) is 4.95. The van der Waals surface area contributed by atoms with Crippen molar-refractivity contribution in [2.45, 2.75) is 39.2 Å². The molecule has 4 rings (SSSR count). The van der Waals surface area contributed by atoms with Crippen molar-refractivity contribution in [3.8, 4) is 0 Å². The highest BCUT2D eigenvalue weighted by Gasteiger charge is 2.31. The molecule has 0 spiro atoms. The van der Waals surface area contributed by atoms with Crippen LogP contribution in [0.25, 0.3) is 0 Å². The predicted octanol–water partition coefficient (Wildman–Crippen LogP) is 3.60. The van der Waals surface area contributed by atoms with Crippen LogP contribution in [0.1, 0.15) is 33.1 Å². The van der Waals surface area contributed by atoms with Crippen LogP contribution in [0.4, 0.5) is 28.7 Å². The summed E-state index contributed by atoms with van der Waals surface area (Å²) in [5.74, 6) is 1.44. The van der Waals surface area contributed by atoms with E-state index in [2.05, 4.69) is 56.8 Å². The number of nitrogens with one attached hydrogen (secondary N) is 3. The summed E-state index contributed by atoms with van der Waals surface area (Å²) < 4.78 is 0. The van der Waals surface area contributed by atoms with E-state index >= 15 is 0 Å². The Morgan fingerprint density at radius 3 is 2.67 bits per heavy atom. The van der Waals surface area contributed by atoms with Crippen molar-refractivity contribution in [2.75, 3.05) is 33.9 Å². The smallest absolute Gasteiger partial charge is 0.247 e. The van der Waals surface area contributed by atoms with E-state index in [-0.39, 0.29) is 17.9 Å². The molecule has 1 aromatic heterocycles. The highest BCUT2D eigenvalue weighted by Crippen LogP contribution is 2.34. The second kappa shape index (κ2) is 7.42. The average Bonchev–Trinajstić information content (AvgIpc) is 3.23. The number of hydrogen-bond donors (Lipinski definition) is 3. The molecule has 1 fully saturated rings. The molecular weight excluding hydrogens is 340 g/mol. The molecule has 0 saturated carbocycles. The number of benzene rings is 1. The molecule has 142 valence electrons. The SMILES string of the molecule is CCC(C)C1Nc2ncnc(Nc3ccc(N4CCCC4)cc3)c2NC1=O. The monoisotopic (exact) mass is 366 g/mol. The highest BCUT2D eigenvalue weighted by molar-refractivity contribution is 6.05. The molecule has 1 amide bonds. The van der Waals surface area contributed by atoms with Gasteiger partial charge in [0.1, 0.15) is 18.1 Å². The van der Waals surface area contributed by atoms with E-state index in [9.17, 15) is 4.79 Å². The van der Waals surface area contributed by atoms with Gasteiger partial charge in [0.2, 0.25) is 5.91 Å². The zero-order valence-electron chi connectivity index (χ0n) is 15.8. The van der Waals surface area contributed by atoms with Crippen LogP contribution in [0.5, 0.6) is 0 Å². The fraction of sp³-hybridized carbons (Fsp3) is 0.450. The van der Waals surface area contributed by atoms with Crippen LogP contribution in [-0.4, -0.2) is 35.0 Å². The Bertz CT molecular complexity index is 816. The zero-order chi connectivity index (χ0) is 18.8. The Labute approximate surface area is 159 Å². The van der Waals surface area contributed by atoms with Gasteiger partial charge in [0.15, 0.2) is 11.6 Å². The number of anilines is 5. The lowest BCUT2D eigenvalue weighted by Gasteiger charge is -2.30. The molecule has 3 N–H and O–H groups in total. The molecule has 0 radical (unpaired) electrons. The lowest BCUT2D eigenvalue weighted by Crippen LogP contribution is -2.43. The third kappa shape index (κ3) is 3.54. The fourth-order valence-electron chi connectivity index (χ4n) is 3.63. The number of carbonyl (C=O) groups is 1. The second-order valence-electron chi connectivity index (χ2n) is 7.31. The fourth-order valence-corrected chi connectivity index (χ4v) is 3.63. The van der Waals surface area contributed by atoms with Gasteiger partial charge in [-0.15, -0.1) is 0 Å². The Morgan fingerprint density at radius 1 is 1.22 bits per heavy atom. The summed E-state index contributed by atoms with van der Waals surface area (Å²) in [5.41, 5.74) is 2.77. The summed E-state index contributed by atoms with van der Waals surface area (Å²) in [7, 11) is 0. The minimum atomic E-state index is -0.273. The maximum absolute atomic E-state index is 12.5. The Kier molecular flexibility index (Phi) is 4.83. The predicted molar refractivity (Wildman–Crippen MR) is 109 cm³/mol. The molecule has 0 aliphatic carbocycles. The molecule has 7 nitrogen and oxygen atoms in total. The van der Waals surface area contributed by atoms with Crippen LogP contribution in [0.3, 0.4) is 0 Å². The van der Waals surface area contributed by atoms with Crippen LogP contribution in [0, 0.1) is 5.92 Å². The van der Waals surface area contributed by atoms with Crippen molar-refractivity contribution in [3.05, 3.63) is 30.6 Å².